The van der Waals surface area contributed by atoms with Crippen LogP contribution in [0.4, 0.5) is 0 Å². The van der Waals surface area contributed by atoms with E-state index >= 15 is 0 Å². The molecule has 0 amide bonds. The van der Waals surface area contributed by atoms with E-state index in [1.54, 1.807) is 11.3 Å². The molecule has 1 atom stereocenters. The van der Waals surface area contributed by atoms with E-state index in [1.165, 1.54) is 11.1 Å². The van der Waals surface area contributed by atoms with Gasteiger partial charge < -0.3 is 5.73 Å². The van der Waals surface area contributed by atoms with Crippen LogP contribution in [-0.2, 0) is 0 Å². The van der Waals surface area contributed by atoms with Gasteiger partial charge in [-0.25, -0.2) is 0 Å². The van der Waals surface area contributed by atoms with Crippen LogP contribution in [0.15, 0.2) is 23.6 Å². The van der Waals surface area contributed by atoms with E-state index in [1.807, 2.05) is 30.5 Å². The van der Waals surface area contributed by atoms with Crippen LogP contribution in [0.1, 0.15) is 27.6 Å². The fourth-order valence-electron chi connectivity index (χ4n) is 1.71. The van der Waals surface area contributed by atoms with Crippen molar-refractivity contribution in [3.8, 4) is 0 Å². The Bertz CT molecular complexity index is 548. The topological polar surface area (TPSA) is 26.0 Å². The average Bonchev–Trinajstić information content (AvgIpc) is 2.69. The molecule has 0 radical (unpaired) electrons. The van der Waals surface area contributed by atoms with Gasteiger partial charge in [0.15, 0.2) is 0 Å². The molecule has 0 aliphatic carbocycles. The van der Waals surface area contributed by atoms with Crippen molar-refractivity contribution < 1.29 is 0 Å². The number of rotatable bonds is 2. The quantitative estimate of drug-likeness (QED) is 0.849. The molecule has 2 rings (SSSR count). The Hall–Kier alpha value is -0.540. The second-order valence-corrected chi connectivity index (χ2v) is 5.83. The van der Waals surface area contributed by atoms with Gasteiger partial charge in [-0.15, -0.1) is 11.3 Å². The van der Waals surface area contributed by atoms with Gasteiger partial charge in [0.25, 0.3) is 0 Å². The zero-order valence-electron chi connectivity index (χ0n) is 9.63. The predicted octanol–water partition coefficient (Wildman–Crippen LogP) is 4.72. The van der Waals surface area contributed by atoms with Crippen molar-refractivity contribution in [1.82, 2.24) is 0 Å². The fraction of sp³-hybridized carbons (Fsp3) is 0.231. The molecule has 0 aliphatic rings. The third-order valence-electron chi connectivity index (χ3n) is 2.88. The summed E-state index contributed by atoms with van der Waals surface area (Å²) in [5.74, 6) is 0. The van der Waals surface area contributed by atoms with E-state index < -0.39 is 0 Å². The van der Waals surface area contributed by atoms with Crippen LogP contribution in [0, 0.1) is 13.8 Å². The Morgan fingerprint density at radius 1 is 1.12 bits per heavy atom. The molecule has 1 unspecified atom stereocenters. The Kier molecular flexibility index (Phi) is 3.79. The van der Waals surface area contributed by atoms with Gasteiger partial charge in [-0.2, -0.15) is 0 Å². The first-order valence-electron chi connectivity index (χ1n) is 5.26. The summed E-state index contributed by atoms with van der Waals surface area (Å²) in [7, 11) is 0. The molecule has 0 fully saturated rings. The summed E-state index contributed by atoms with van der Waals surface area (Å²) in [6, 6.07) is 5.59. The van der Waals surface area contributed by atoms with Crippen molar-refractivity contribution in [3.63, 3.8) is 0 Å². The third-order valence-corrected chi connectivity index (χ3v) is 4.64. The molecular formula is C13H13Cl2NS. The van der Waals surface area contributed by atoms with Crippen LogP contribution >= 0.6 is 34.5 Å². The number of hydrogen-bond acceptors (Lipinski definition) is 2. The number of thiophene rings is 1. The second-order valence-electron chi connectivity index (χ2n) is 4.07. The molecule has 2 aromatic rings. The molecule has 1 aromatic heterocycles. The number of hydrogen-bond donors (Lipinski definition) is 1. The van der Waals surface area contributed by atoms with Gasteiger partial charge in [0.05, 0.1) is 11.1 Å². The van der Waals surface area contributed by atoms with E-state index in [9.17, 15) is 0 Å². The summed E-state index contributed by atoms with van der Waals surface area (Å²) in [6.45, 7) is 4.09. The van der Waals surface area contributed by atoms with Crippen LogP contribution in [0.5, 0.6) is 0 Å². The maximum Gasteiger partial charge on any atom is 0.0675 e. The van der Waals surface area contributed by atoms with Crippen molar-refractivity contribution in [2.45, 2.75) is 19.9 Å². The summed E-state index contributed by atoms with van der Waals surface area (Å²) < 4.78 is 0. The minimum absolute atomic E-state index is 0.255. The highest BCUT2D eigenvalue weighted by Crippen LogP contribution is 2.35. The molecule has 17 heavy (non-hydrogen) atoms. The molecule has 1 heterocycles. The van der Waals surface area contributed by atoms with E-state index in [-0.39, 0.29) is 6.04 Å². The molecule has 0 saturated heterocycles. The maximum atomic E-state index is 6.25. The first-order chi connectivity index (χ1) is 8.00. The molecule has 1 nitrogen and oxygen atoms in total. The molecule has 1 aromatic carbocycles. The van der Waals surface area contributed by atoms with Crippen LogP contribution in [0.25, 0.3) is 0 Å². The van der Waals surface area contributed by atoms with E-state index in [4.69, 9.17) is 28.9 Å². The molecule has 4 heteroatoms. The molecule has 2 N–H and O–H groups in total. The van der Waals surface area contributed by atoms with Crippen molar-refractivity contribution in [1.29, 1.82) is 0 Å². The van der Waals surface area contributed by atoms with Crippen molar-refractivity contribution in [2.24, 2.45) is 5.73 Å². The summed E-state index contributed by atoms with van der Waals surface area (Å²) in [4.78, 5) is 0.955. The average molecular weight is 286 g/mol. The van der Waals surface area contributed by atoms with E-state index in [2.05, 4.69) is 6.92 Å². The van der Waals surface area contributed by atoms with Gasteiger partial charge in [0, 0.05) is 9.90 Å². The van der Waals surface area contributed by atoms with Crippen LogP contribution in [-0.4, -0.2) is 0 Å². The lowest BCUT2D eigenvalue weighted by molar-refractivity contribution is 0.891. The minimum Gasteiger partial charge on any atom is -0.320 e. The van der Waals surface area contributed by atoms with Gasteiger partial charge in [-0.1, -0.05) is 29.3 Å². The van der Waals surface area contributed by atoms with Gasteiger partial charge in [-0.3, -0.25) is 0 Å². The Labute approximate surface area is 115 Å². The highest BCUT2D eigenvalue weighted by Gasteiger charge is 2.17. The molecule has 0 bridgehead atoms. The Balaban J connectivity index is 2.48. The lowest BCUT2D eigenvalue weighted by Gasteiger charge is -2.15. The normalized spacial score (nSPS) is 12.8. The fourth-order valence-corrected chi connectivity index (χ4v) is 3.24. The number of aryl methyl sites for hydroxylation is 2. The minimum atomic E-state index is -0.255. The van der Waals surface area contributed by atoms with Crippen LogP contribution < -0.4 is 5.73 Å². The lowest BCUT2D eigenvalue weighted by atomic mass is 10.0. The van der Waals surface area contributed by atoms with Gasteiger partial charge in [0.1, 0.15) is 0 Å². The molecule has 0 saturated carbocycles. The lowest BCUT2D eigenvalue weighted by Crippen LogP contribution is -2.11. The van der Waals surface area contributed by atoms with E-state index in [0.717, 1.165) is 10.4 Å². The highest BCUT2D eigenvalue weighted by molar-refractivity contribution is 7.10. The third kappa shape index (κ3) is 2.50. The molecule has 90 valence electrons. The van der Waals surface area contributed by atoms with Crippen LogP contribution in [0.3, 0.4) is 0 Å². The van der Waals surface area contributed by atoms with Crippen molar-refractivity contribution in [3.05, 3.63) is 55.2 Å². The monoisotopic (exact) mass is 285 g/mol. The SMILES string of the molecule is Cc1cc(Cl)c(C(N)c2sccc2Cl)cc1C. The van der Waals surface area contributed by atoms with Gasteiger partial charge in [0.2, 0.25) is 0 Å². The Morgan fingerprint density at radius 3 is 2.35 bits per heavy atom. The van der Waals surface area contributed by atoms with Crippen molar-refractivity contribution >= 4 is 34.5 Å². The zero-order valence-corrected chi connectivity index (χ0v) is 12.0. The molecule has 0 spiro atoms. The highest BCUT2D eigenvalue weighted by atomic mass is 35.5. The Morgan fingerprint density at radius 2 is 1.76 bits per heavy atom. The predicted molar refractivity (Wildman–Crippen MR) is 76.3 cm³/mol. The van der Waals surface area contributed by atoms with Crippen molar-refractivity contribution in [2.75, 3.05) is 0 Å². The maximum absolute atomic E-state index is 6.25. The summed E-state index contributed by atoms with van der Waals surface area (Å²) in [5.41, 5.74) is 9.51. The van der Waals surface area contributed by atoms with Gasteiger partial charge in [-0.05, 0) is 48.1 Å². The summed E-state index contributed by atoms with van der Waals surface area (Å²) >= 11 is 13.9. The van der Waals surface area contributed by atoms with Crippen LogP contribution in [0.2, 0.25) is 10.0 Å². The standard InChI is InChI=1S/C13H13Cl2NS/c1-7-5-9(11(15)6-8(7)2)12(16)13-10(14)3-4-17-13/h3-6,12H,16H2,1-2H3. The second kappa shape index (κ2) is 4.99. The molecule has 0 aliphatic heterocycles. The zero-order chi connectivity index (χ0) is 12.6. The smallest absolute Gasteiger partial charge is 0.0675 e. The number of nitrogens with two attached hydrogens (primary N) is 1. The number of halogens is 2. The first-order valence-corrected chi connectivity index (χ1v) is 6.89. The van der Waals surface area contributed by atoms with Gasteiger partial charge >= 0.3 is 0 Å². The first kappa shape index (κ1) is 12.9. The number of benzene rings is 1. The largest absolute Gasteiger partial charge is 0.320 e. The van der Waals surface area contributed by atoms with E-state index in [0.29, 0.717) is 10.0 Å². The summed E-state index contributed by atoms with van der Waals surface area (Å²) in [5, 5.41) is 3.34. The summed E-state index contributed by atoms with van der Waals surface area (Å²) in [6.07, 6.45) is 0. The molecular weight excluding hydrogens is 273 g/mol.